The van der Waals surface area contributed by atoms with Crippen molar-refractivity contribution in [1.29, 1.82) is 0 Å². The van der Waals surface area contributed by atoms with E-state index in [1.54, 1.807) is 12.1 Å². The van der Waals surface area contributed by atoms with E-state index >= 15 is 0 Å². The average molecular weight is 443 g/mol. The number of halogens is 1. The third-order valence-electron chi connectivity index (χ3n) is 6.14. The molecule has 0 saturated carbocycles. The Hall–Kier alpha value is -2.12. The van der Waals surface area contributed by atoms with Crippen LogP contribution in [-0.4, -0.2) is 72.3 Å². The van der Waals surface area contributed by atoms with Crippen LogP contribution in [0.1, 0.15) is 19.3 Å². The lowest BCUT2D eigenvalue weighted by Gasteiger charge is -2.39. The number of amides is 1. The van der Waals surface area contributed by atoms with Gasteiger partial charge in [0.1, 0.15) is 11.6 Å². The van der Waals surface area contributed by atoms with Crippen LogP contribution in [0.5, 0.6) is 0 Å². The van der Waals surface area contributed by atoms with Gasteiger partial charge in [0.2, 0.25) is 5.91 Å². The van der Waals surface area contributed by atoms with Crippen LogP contribution in [0.2, 0.25) is 0 Å². The molecule has 0 spiro atoms. The molecule has 2 aliphatic rings. The largest absolute Gasteiger partial charge is 0.354 e. The molecule has 2 aromatic rings. The standard InChI is InChI=1S/C24H31FN4OS/c25-21-7-1-2-8-22(21)31-17-10-24(30)29-12-5-6-20(19-29)18-27-13-15-28(16-14-27)23-9-3-4-11-26-23/h1-4,7-9,11,20H,5-6,10,12-19H2. The van der Waals surface area contributed by atoms with Crippen LogP contribution in [0.4, 0.5) is 10.2 Å². The second-order valence-electron chi connectivity index (χ2n) is 8.35. The molecular formula is C24H31FN4OS. The van der Waals surface area contributed by atoms with Crippen LogP contribution < -0.4 is 4.90 Å². The number of piperazine rings is 1. The molecule has 0 radical (unpaired) electrons. The summed E-state index contributed by atoms with van der Waals surface area (Å²) in [5.41, 5.74) is 0. The fraction of sp³-hybridized carbons (Fsp3) is 0.500. The van der Waals surface area contributed by atoms with E-state index < -0.39 is 0 Å². The molecule has 31 heavy (non-hydrogen) atoms. The normalized spacial score (nSPS) is 20.1. The fourth-order valence-corrected chi connectivity index (χ4v) is 5.35. The number of hydrogen-bond donors (Lipinski definition) is 0. The zero-order valence-corrected chi connectivity index (χ0v) is 18.8. The zero-order valence-electron chi connectivity index (χ0n) is 18.0. The highest BCUT2D eigenvalue weighted by Gasteiger charge is 2.26. The van der Waals surface area contributed by atoms with Gasteiger partial charge in [0.15, 0.2) is 0 Å². The van der Waals surface area contributed by atoms with E-state index in [1.165, 1.54) is 24.2 Å². The summed E-state index contributed by atoms with van der Waals surface area (Å²) in [5, 5.41) is 0. The first kappa shape index (κ1) is 22.1. The van der Waals surface area contributed by atoms with Gasteiger partial charge in [0, 0.05) is 69.1 Å². The van der Waals surface area contributed by atoms with Crippen LogP contribution >= 0.6 is 11.8 Å². The Morgan fingerprint density at radius 1 is 1.06 bits per heavy atom. The molecule has 0 N–H and O–H groups in total. The van der Waals surface area contributed by atoms with Crippen molar-refractivity contribution in [3.8, 4) is 0 Å². The van der Waals surface area contributed by atoms with Crippen LogP contribution in [0.15, 0.2) is 53.6 Å². The number of piperidine rings is 1. The topological polar surface area (TPSA) is 39.7 Å². The minimum absolute atomic E-state index is 0.202. The monoisotopic (exact) mass is 442 g/mol. The van der Waals surface area contributed by atoms with Gasteiger partial charge < -0.3 is 9.80 Å². The van der Waals surface area contributed by atoms with Crippen molar-refractivity contribution < 1.29 is 9.18 Å². The smallest absolute Gasteiger partial charge is 0.223 e. The molecule has 7 heteroatoms. The van der Waals surface area contributed by atoms with Crippen LogP contribution in [0, 0.1) is 11.7 Å². The van der Waals surface area contributed by atoms with E-state index in [0.717, 1.165) is 58.1 Å². The van der Waals surface area contributed by atoms with Gasteiger partial charge in [-0.1, -0.05) is 18.2 Å². The second kappa shape index (κ2) is 11.0. The number of hydrogen-bond acceptors (Lipinski definition) is 5. The summed E-state index contributed by atoms with van der Waals surface area (Å²) >= 11 is 1.43. The van der Waals surface area contributed by atoms with E-state index in [2.05, 4.69) is 20.9 Å². The molecule has 4 rings (SSSR count). The average Bonchev–Trinajstić information content (AvgIpc) is 2.81. The summed E-state index contributed by atoms with van der Waals surface area (Å²) in [6.45, 7) is 6.85. The van der Waals surface area contributed by atoms with Crippen molar-refractivity contribution in [3.05, 3.63) is 54.5 Å². The molecule has 5 nitrogen and oxygen atoms in total. The number of likely N-dealkylation sites (tertiary alicyclic amines) is 1. The first-order valence-corrected chi connectivity index (χ1v) is 12.2. The van der Waals surface area contributed by atoms with Gasteiger partial charge >= 0.3 is 0 Å². The summed E-state index contributed by atoms with van der Waals surface area (Å²) in [5.74, 6) is 2.22. The number of nitrogens with zero attached hydrogens (tertiary/aromatic N) is 4. The Balaban J connectivity index is 1.19. The molecule has 2 fully saturated rings. The molecule has 1 atom stereocenters. The Morgan fingerprint density at radius 2 is 1.87 bits per heavy atom. The van der Waals surface area contributed by atoms with E-state index in [-0.39, 0.29) is 11.7 Å². The van der Waals surface area contributed by atoms with Crippen molar-refractivity contribution in [3.63, 3.8) is 0 Å². The van der Waals surface area contributed by atoms with E-state index in [1.807, 2.05) is 29.3 Å². The lowest BCUT2D eigenvalue weighted by molar-refractivity contribution is -0.132. The lowest BCUT2D eigenvalue weighted by Crippen LogP contribution is -2.50. The third-order valence-corrected chi connectivity index (χ3v) is 7.19. The zero-order chi connectivity index (χ0) is 21.5. The van der Waals surface area contributed by atoms with E-state index in [9.17, 15) is 9.18 Å². The number of rotatable bonds is 7. The van der Waals surface area contributed by atoms with Gasteiger partial charge in [-0.15, -0.1) is 11.8 Å². The number of carbonyl (C=O) groups is 1. The summed E-state index contributed by atoms with van der Waals surface area (Å²) in [7, 11) is 0. The lowest BCUT2D eigenvalue weighted by atomic mass is 9.97. The Bertz CT molecular complexity index is 844. The SMILES string of the molecule is O=C(CCSc1ccccc1F)N1CCCC(CN2CCN(c3ccccn3)CC2)C1. The Morgan fingerprint density at radius 3 is 2.65 bits per heavy atom. The van der Waals surface area contributed by atoms with Gasteiger partial charge in [-0.3, -0.25) is 9.69 Å². The van der Waals surface area contributed by atoms with Gasteiger partial charge in [-0.05, 0) is 43.0 Å². The second-order valence-corrected chi connectivity index (χ2v) is 9.49. The molecule has 1 aromatic carbocycles. The van der Waals surface area contributed by atoms with Gasteiger partial charge in [0.25, 0.3) is 0 Å². The molecule has 0 bridgehead atoms. The van der Waals surface area contributed by atoms with Crippen molar-refractivity contribution in [2.75, 3.05) is 56.5 Å². The number of carbonyl (C=O) groups excluding carboxylic acids is 1. The molecule has 3 heterocycles. The number of pyridine rings is 1. The highest BCUT2D eigenvalue weighted by molar-refractivity contribution is 7.99. The summed E-state index contributed by atoms with van der Waals surface area (Å²) < 4.78 is 13.7. The fourth-order valence-electron chi connectivity index (χ4n) is 4.47. The summed E-state index contributed by atoms with van der Waals surface area (Å²) in [6, 6.07) is 12.8. The number of aromatic nitrogens is 1. The number of benzene rings is 1. The Labute approximate surface area is 188 Å². The molecule has 0 aliphatic carbocycles. The van der Waals surface area contributed by atoms with Crippen molar-refractivity contribution in [2.24, 2.45) is 5.92 Å². The first-order valence-electron chi connectivity index (χ1n) is 11.2. The quantitative estimate of drug-likeness (QED) is 0.611. The van der Waals surface area contributed by atoms with Crippen molar-refractivity contribution in [2.45, 2.75) is 24.2 Å². The Kier molecular flexibility index (Phi) is 7.81. The molecule has 166 valence electrons. The highest BCUT2D eigenvalue weighted by atomic mass is 32.2. The van der Waals surface area contributed by atoms with Crippen LogP contribution in [-0.2, 0) is 4.79 Å². The van der Waals surface area contributed by atoms with E-state index in [4.69, 9.17) is 0 Å². The molecular weight excluding hydrogens is 411 g/mol. The third kappa shape index (κ3) is 6.20. The maximum atomic E-state index is 13.7. The van der Waals surface area contributed by atoms with Gasteiger partial charge in [-0.2, -0.15) is 0 Å². The summed E-state index contributed by atoms with van der Waals surface area (Å²) in [6.07, 6.45) is 4.58. The van der Waals surface area contributed by atoms with Crippen LogP contribution in [0.3, 0.4) is 0 Å². The summed E-state index contributed by atoms with van der Waals surface area (Å²) in [4.78, 5) is 24.7. The molecule has 1 unspecified atom stereocenters. The van der Waals surface area contributed by atoms with Gasteiger partial charge in [0.05, 0.1) is 0 Å². The van der Waals surface area contributed by atoms with Crippen molar-refractivity contribution >= 4 is 23.5 Å². The van der Waals surface area contributed by atoms with Gasteiger partial charge in [-0.25, -0.2) is 9.37 Å². The molecule has 1 amide bonds. The van der Waals surface area contributed by atoms with Crippen LogP contribution in [0.25, 0.3) is 0 Å². The molecule has 1 aromatic heterocycles. The number of thioether (sulfide) groups is 1. The predicted octanol–water partition coefficient (Wildman–Crippen LogP) is 3.76. The maximum Gasteiger partial charge on any atom is 0.223 e. The minimum atomic E-state index is -0.207. The highest BCUT2D eigenvalue weighted by Crippen LogP contribution is 2.24. The van der Waals surface area contributed by atoms with E-state index in [0.29, 0.717) is 23.0 Å². The minimum Gasteiger partial charge on any atom is -0.354 e. The molecule has 2 aliphatic heterocycles. The molecule has 2 saturated heterocycles. The predicted molar refractivity (Wildman–Crippen MR) is 124 cm³/mol. The first-order chi connectivity index (χ1) is 15.2. The number of anilines is 1. The van der Waals surface area contributed by atoms with Crippen molar-refractivity contribution in [1.82, 2.24) is 14.8 Å². The maximum absolute atomic E-state index is 13.7.